The number of alkyl halides is 3. The first kappa shape index (κ1) is 21.0. The normalized spacial score (nSPS) is 12.4. The molecule has 150 valence electrons. The van der Waals surface area contributed by atoms with Gasteiger partial charge in [0.1, 0.15) is 13.2 Å². The van der Waals surface area contributed by atoms with Crippen LogP contribution in [0.5, 0.6) is 11.5 Å². The number of halogens is 3. The molecule has 1 aromatic carbocycles. The van der Waals surface area contributed by atoms with Crippen LogP contribution in [0.15, 0.2) is 36.7 Å². The first-order valence-corrected chi connectivity index (χ1v) is 8.06. The fraction of sp³-hybridized carbons (Fsp3) is 0.278. The van der Waals surface area contributed by atoms with Gasteiger partial charge in [0.05, 0.1) is 0 Å². The molecule has 28 heavy (non-hydrogen) atoms. The smallest absolute Gasteiger partial charge is 0.486 e. The van der Waals surface area contributed by atoms with Gasteiger partial charge in [0, 0.05) is 24.5 Å². The number of benzene rings is 1. The molecule has 1 aliphatic heterocycles. The monoisotopic (exact) mass is 398 g/mol. The number of fused-ring (bicyclic) bond motifs is 1. The molecule has 0 radical (unpaired) electrons. The van der Waals surface area contributed by atoms with Crippen LogP contribution in [-0.2, 0) is 11.3 Å². The Morgan fingerprint density at radius 3 is 2.43 bits per heavy atom. The molecule has 1 aromatic heterocycles. The zero-order valence-corrected chi connectivity index (χ0v) is 14.7. The van der Waals surface area contributed by atoms with Gasteiger partial charge in [-0.1, -0.05) is 0 Å². The molecule has 0 atom stereocenters. The van der Waals surface area contributed by atoms with Crippen LogP contribution in [-0.4, -0.2) is 41.4 Å². The Balaban J connectivity index is 0.000000345. The minimum Gasteiger partial charge on any atom is -0.486 e. The Morgan fingerprint density at radius 1 is 1.18 bits per heavy atom. The van der Waals surface area contributed by atoms with Crippen LogP contribution < -0.4 is 14.8 Å². The second kappa shape index (κ2) is 9.07. The lowest BCUT2D eigenvalue weighted by atomic mass is 10.1. The van der Waals surface area contributed by atoms with Gasteiger partial charge in [-0.25, -0.2) is 4.79 Å². The lowest BCUT2D eigenvalue weighted by Gasteiger charge is -2.18. The van der Waals surface area contributed by atoms with Gasteiger partial charge in [0.25, 0.3) is 5.91 Å². The predicted octanol–water partition coefficient (Wildman–Crippen LogP) is 2.72. The first-order chi connectivity index (χ1) is 13.2. The molecule has 0 spiro atoms. The molecule has 1 amide bonds. The summed E-state index contributed by atoms with van der Waals surface area (Å²) >= 11 is 0. The number of ether oxygens (including phenoxy) is 2. The fourth-order valence-electron chi connectivity index (χ4n) is 2.16. The molecule has 2 aromatic rings. The number of carboxylic acid groups (broad SMARTS) is 1. The largest absolute Gasteiger partial charge is 0.490 e. The Morgan fingerprint density at radius 2 is 1.82 bits per heavy atom. The average molecular weight is 398 g/mol. The van der Waals surface area contributed by atoms with Crippen LogP contribution in [0.1, 0.15) is 21.5 Å². The maximum absolute atomic E-state index is 12.2. The molecule has 2 N–H and O–H groups in total. The lowest BCUT2D eigenvalue weighted by molar-refractivity contribution is -0.192. The molecule has 7 nitrogen and oxygen atoms in total. The van der Waals surface area contributed by atoms with Gasteiger partial charge >= 0.3 is 12.1 Å². The number of pyridine rings is 1. The molecule has 0 aliphatic carbocycles. The molecular weight excluding hydrogens is 381 g/mol. The van der Waals surface area contributed by atoms with E-state index in [2.05, 4.69) is 10.3 Å². The standard InChI is InChI=1S/C16H16N2O3.C2HF3O2/c1-11-9-17-5-4-13(11)10-18-16(19)12-2-3-14-15(8-12)21-7-6-20-14;3-2(4,5)1(6)7/h2-5,8-9H,6-7,10H2,1H3,(H,18,19);(H,6,7). The van der Waals surface area contributed by atoms with Crippen LogP contribution in [0.25, 0.3) is 0 Å². The van der Waals surface area contributed by atoms with E-state index >= 15 is 0 Å². The number of carbonyl (C=O) groups is 2. The van der Waals surface area contributed by atoms with E-state index in [-0.39, 0.29) is 5.91 Å². The zero-order chi connectivity index (χ0) is 20.7. The number of rotatable bonds is 3. The third-order valence-electron chi connectivity index (χ3n) is 3.62. The van der Waals surface area contributed by atoms with Crippen LogP contribution in [0.3, 0.4) is 0 Å². The number of hydrogen-bond donors (Lipinski definition) is 2. The van der Waals surface area contributed by atoms with Crippen molar-refractivity contribution in [3.8, 4) is 11.5 Å². The maximum atomic E-state index is 12.2. The van der Waals surface area contributed by atoms with E-state index in [9.17, 15) is 18.0 Å². The molecule has 0 bridgehead atoms. The topological polar surface area (TPSA) is 97.8 Å². The number of aryl methyl sites for hydroxylation is 1. The number of nitrogens with zero attached hydrogens (tertiary/aromatic N) is 1. The first-order valence-electron chi connectivity index (χ1n) is 8.06. The summed E-state index contributed by atoms with van der Waals surface area (Å²) in [6.45, 7) is 3.49. The molecule has 0 unspecified atom stereocenters. The summed E-state index contributed by atoms with van der Waals surface area (Å²) in [4.78, 5) is 25.1. The van der Waals surface area contributed by atoms with Crippen molar-refractivity contribution in [2.75, 3.05) is 13.2 Å². The van der Waals surface area contributed by atoms with Crippen LogP contribution in [0.4, 0.5) is 13.2 Å². The molecule has 0 saturated carbocycles. The molecular formula is C18H17F3N2O5. The van der Waals surface area contributed by atoms with Crippen molar-refractivity contribution in [1.29, 1.82) is 0 Å². The summed E-state index contributed by atoms with van der Waals surface area (Å²) in [5.41, 5.74) is 2.67. The van der Waals surface area contributed by atoms with Crippen molar-refractivity contribution in [2.24, 2.45) is 0 Å². The zero-order valence-electron chi connectivity index (χ0n) is 14.7. The van der Waals surface area contributed by atoms with E-state index in [4.69, 9.17) is 19.4 Å². The highest BCUT2D eigenvalue weighted by Crippen LogP contribution is 2.30. The summed E-state index contributed by atoms with van der Waals surface area (Å²) in [6.07, 6.45) is -1.58. The summed E-state index contributed by atoms with van der Waals surface area (Å²) < 4.78 is 42.7. The van der Waals surface area contributed by atoms with Crippen molar-refractivity contribution in [3.63, 3.8) is 0 Å². The van der Waals surface area contributed by atoms with Crippen LogP contribution in [0, 0.1) is 6.92 Å². The van der Waals surface area contributed by atoms with E-state index in [0.717, 1.165) is 11.1 Å². The summed E-state index contributed by atoms with van der Waals surface area (Å²) in [5, 5.41) is 10.0. The van der Waals surface area contributed by atoms with Crippen molar-refractivity contribution in [2.45, 2.75) is 19.6 Å². The van der Waals surface area contributed by atoms with Crippen LogP contribution >= 0.6 is 0 Å². The third-order valence-corrected chi connectivity index (χ3v) is 3.62. The Hall–Kier alpha value is -3.30. The van der Waals surface area contributed by atoms with Gasteiger partial charge in [0.2, 0.25) is 0 Å². The van der Waals surface area contributed by atoms with Gasteiger partial charge in [-0.2, -0.15) is 13.2 Å². The van der Waals surface area contributed by atoms with Crippen LogP contribution in [0.2, 0.25) is 0 Å². The minimum atomic E-state index is -5.08. The van der Waals surface area contributed by atoms with E-state index in [1.165, 1.54) is 0 Å². The molecule has 3 rings (SSSR count). The summed E-state index contributed by atoms with van der Waals surface area (Å²) in [5.74, 6) is -1.59. The third kappa shape index (κ3) is 5.86. The Bertz CT molecular complexity index is 855. The molecule has 0 saturated heterocycles. The highest BCUT2D eigenvalue weighted by molar-refractivity contribution is 5.94. The van der Waals surface area contributed by atoms with Crippen molar-refractivity contribution in [3.05, 3.63) is 53.3 Å². The maximum Gasteiger partial charge on any atom is 0.490 e. The van der Waals surface area contributed by atoms with Gasteiger partial charge in [-0.05, 0) is 42.3 Å². The number of nitrogens with one attached hydrogen (secondary N) is 1. The molecule has 2 heterocycles. The molecule has 10 heteroatoms. The van der Waals surface area contributed by atoms with Crippen molar-refractivity contribution >= 4 is 11.9 Å². The summed E-state index contributed by atoms with van der Waals surface area (Å²) in [7, 11) is 0. The Kier molecular flexibility index (Phi) is 6.80. The van der Waals surface area contributed by atoms with Gasteiger partial charge in [-0.15, -0.1) is 0 Å². The number of carbonyl (C=O) groups excluding carboxylic acids is 1. The second-order valence-electron chi connectivity index (χ2n) is 5.65. The van der Waals surface area contributed by atoms with Gasteiger partial charge in [-0.3, -0.25) is 9.78 Å². The number of aliphatic carboxylic acids is 1. The summed E-state index contributed by atoms with van der Waals surface area (Å²) in [6, 6.07) is 7.12. The Labute approximate surface area is 158 Å². The minimum absolute atomic E-state index is 0.136. The van der Waals surface area contributed by atoms with Crippen molar-refractivity contribution < 1.29 is 37.3 Å². The SMILES string of the molecule is Cc1cnccc1CNC(=O)c1ccc2c(c1)OCCO2.O=C(O)C(F)(F)F. The highest BCUT2D eigenvalue weighted by Gasteiger charge is 2.38. The number of amides is 1. The van der Waals surface area contributed by atoms with Crippen molar-refractivity contribution in [1.82, 2.24) is 10.3 Å². The van der Waals surface area contributed by atoms with E-state index < -0.39 is 12.1 Å². The van der Waals surface area contributed by atoms with Gasteiger partial charge in [0.15, 0.2) is 11.5 Å². The predicted molar refractivity (Wildman–Crippen MR) is 91.3 cm³/mol. The fourth-order valence-corrected chi connectivity index (χ4v) is 2.16. The molecule has 1 aliphatic rings. The van der Waals surface area contributed by atoms with Gasteiger partial charge < -0.3 is 19.9 Å². The number of carboxylic acids is 1. The number of aromatic nitrogens is 1. The quantitative estimate of drug-likeness (QED) is 0.825. The second-order valence-corrected chi connectivity index (χ2v) is 5.65. The highest BCUT2D eigenvalue weighted by atomic mass is 19.4. The number of hydrogen-bond acceptors (Lipinski definition) is 5. The van der Waals surface area contributed by atoms with E-state index in [1.807, 2.05) is 13.0 Å². The molecule has 0 fully saturated rings. The van der Waals surface area contributed by atoms with E-state index in [1.54, 1.807) is 30.6 Å². The van der Waals surface area contributed by atoms with E-state index in [0.29, 0.717) is 36.8 Å². The average Bonchev–Trinajstić information content (AvgIpc) is 2.66. The lowest BCUT2D eigenvalue weighted by Crippen LogP contribution is -2.23.